The van der Waals surface area contributed by atoms with Crippen molar-refractivity contribution >= 4 is 5.91 Å². The van der Waals surface area contributed by atoms with Gasteiger partial charge in [0.2, 0.25) is 5.91 Å². The summed E-state index contributed by atoms with van der Waals surface area (Å²) in [7, 11) is 1.95. The molecule has 0 bridgehead atoms. The third kappa shape index (κ3) is 6.06. The predicted octanol–water partition coefficient (Wildman–Crippen LogP) is 2.54. The summed E-state index contributed by atoms with van der Waals surface area (Å²) >= 11 is 0. The number of carbonyl (C=O) groups excluding carboxylic acids is 1. The maximum absolute atomic E-state index is 11.9. The Balaban J connectivity index is 2.16. The predicted molar refractivity (Wildman–Crippen MR) is 71.7 cm³/mol. The number of hydrogen-bond donors (Lipinski definition) is 1. The summed E-state index contributed by atoms with van der Waals surface area (Å²) in [4.78, 5) is 13.8. The third-order valence-electron chi connectivity index (χ3n) is 3.73. The van der Waals surface area contributed by atoms with Crippen molar-refractivity contribution in [3.63, 3.8) is 0 Å². The number of carbonyl (C=O) groups is 1. The quantitative estimate of drug-likeness (QED) is 0.775. The van der Waals surface area contributed by atoms with E-state index in [2.05, 4.69) is 0 Å². The van der Waals surface area contributed by atoms with E-state index < -0.39 is 0 Å². The molecule has 1 atom stereocenters. The number of nitrogens with zero attached hydrogens (tertiary/aromatic N) is 1. The van der Waals surface area contributed by atoms with Crippen LogP contribution in [-0.2, 0) is 4.79 Å². The van der Waals surface area contributed by atoms with Gasteiger partial charge in [-0.3, -0.25) is 4.79 Å². The van der Waals surface area contributed by atoms with Gasteiger partial charge in [0.05, 0.1) is 0 Å². The van der Waals surface area contributed by atoms with Crippen molar-refractivity contribution in [2.75, 3.05) is 13.6 Å². The Bertz CT molecular complexity index is 222. The van der Waals surface area contributed by atoms with Crippen molar-refractivity contribution < 1.29 is 4.79 Å². The molecule has 0 saturated heterocycles. The average Bonchev–Trinajstić information content (AvgIpc) is 2.29. The van der Waals surface area contributed by atoms with E-state index in [0.29, 0.717) is 6.42 Å². The lowest BCUT2D eigenvalue weighted by Gasteiger charge is -2.27. The van der Waals surface area contributed by atoms with Crippen molar-refractivity contribution in [1.29, 1.82) is 0 Å². The van der Waals surface area contributed by atoms with Crippen LogP contribution in [-0.4, -0.2) is 30.4 Å². The molecule has 100 valence electrons. The smallest absolute Gasteiger partial charge is 0.222 e. The molecule has 0 aliphatic heterocycles. The van der Waals surface area contributed by atoms with Crippen LogP contribution < -0.4 is 5.73 Å². The van der Waals surface area contributed by atoms with Crippen LogP contribution in [0.3, 0.4) is 0 Å². The molecule has 1 amide bonds. The minimum Gasteiger partial charge on any atom is -0.345 e. The number of nitrogens with two attached hydrogens (primary N) is 1. The van der Waals surface area contributed by atoms with Crippen LogP contribution in [0.4, 0.5) is 0 Å². The van der Waals surface area contributed by atoms with Crippen molar-refractivity contribution in [2.45, 2.75) is 64.3 Å². The van der Waals surface area contributed by atoms with Crippen LogP contribution in [0.15, 0.2) is 0 Å². The summed E-state index contributed by atoms with van der Waals surface area (Å²) in [6, 6.07) is 0.214. The van der Waals surface area contributed by atoms with Gasteiger partial charge in [0.15, 0.2) is 0 Å². The highest BCUT2D eigenvalue weighted by molar-refractivity contribution is 5.75. The van der Waals surface area contributed by atoms with Crippen LogP contribution in [0, 0.1) is 5.92 Å². The Hall–Kier alpha value is -0.570. The van der Waals surface area contributed by atoms with E-state index in [9.17, 15) is 4.79 Å². The van der Waals surface area contributed by atoms with Gasteiger partial charge in [-0.1, -0.05) is 19.3 Å². The second-order valence-corrected chi connectivity index (χ2v) is 5.65. The summed E-state index contributed by atoms with van der Waals surface area (Å²) in [5.74, 6) is 1.03. The van der Waals surface area contributed by atoms with E-state index in [1.165, 1.54) is 32.1 Å². The SMILES string of the molecule is CC(N)CCCC(=O)N(C)CC1CCCCC1. The molecule has 0 radical (unpaired) electrons. The molecule has 17 heavy (non-hydrogen) atoms. The van der Waals surface area contributed by atoms with E-state index in [0.717, 1.165) is 25.3 Å². The highest BCUT2D eigenvalue weighted by Gasteiger charge is 2.17. The minimum atomic E-state index is 0.214. The van der Waals surface area contributed by atoms with Gasteiger partial charge in [0.25, 0.3) is 0 Å². The molecular weight excluding hydrogens is 212 g/mol. The van der Waals surface area contributed by atoms with Crippen molar-refractivity contribution in [1.82, 2.24) is 4.90 Å². The lowest BCUT2D eigenvalue weighted by molar-refractivity contribution is -0.130. The van der Waals surface area contributed by atoms with Crippen LogP contribution in [0.5, 0.6) is 0 Å². The van der Waals surface area contributed by atoms with E-state index in [-0.39, 0.29) is 11.9 Å². The first-order chi connectivity index (χ1) is 8.09. The van der Waals surface area contributed by atoms with Gasteiger partial charge in [0, 0.05) is 26.1 Å². The second kappa shape index (κ2) is 7.70. The molecular formula is C14H28N2O. The zero-order chi connectivity index (χ0) is 12.7. The molecule has 0 aromatic rings. The monoisotopic (exact) mass is 240 g/mol. The van der Waals surface area contributed by atoms with Crippen LogP contribution in [0.25, 0.3) is 0 Å². The van der Waals surface area contributed by atoms with E-state index in [1.54, 1.807) is 0 Å². The molecule has 3 nitrogen and oxygen atoms in total. The molecule has 1 unspecified atom stereocenters. The molecule has 1 aliphatic carbocycles. The van der Waals surface area contributed by atoms with Gasteiger partial charge in [0.1, 0.15) is 0 Å². The first-order valence-electron chi connectivity index (χ1n) is 7.09. The second-order valence-electron chi connectivity index (χ2n) is 5.65. The lowest BCUT2D eigenvalue weighted by atomic mass is 9.89. The first-order valence-corrected chi connectivity index (χ1v) is 7.09. The summed E-state index contributed by atoms with van der Waals surface area (Å²) < 4.78 is 0. The maximum atomic E-state index is 11.9. The molecule has 1 aliphatic rings. The Kier molecular flexibility index (Phi) is 6.56. The van der Waals surface area contributed by atoms with Gasteiger partial charge in [-0.05, 0) is 38.5 Å². The van der Waals surface area contributed by atoms with Crippen molar-refractivity contribution in [3.8, 4) is 0 Å². The number of amides is 1. The summed E-state index contributed by atoms with van der Waals surface area (Å²) in [5, 5.41) is 0. The highest BCUT2D eigenvalue weighted by Crippen LogP contribution is 2.24. The van der Waals surface area contributed by atoms with Gasteiger partial charge in [-0.15, -0.1) is 0 Å². The number of rotatable bonds is 6. The highest BCUT2D eigenvalue weighted by atomic mass is 16.2. The van der Waals surface area contributed by atoms with Gasteiger partial charge in [-0.2, -0.15) is 0 Å². The molecule has 0 aromatic heterocycles. The zero-order valence-electron chi connectivity index (χ0n) is 11.5. The van der Waals surface area contributed by atoms with E-state index >= 15 is 0 Å². The van der Waals surface area contributed by atoms with Gasteiger partial charge in [-0.25, -0.2) is 0 Å². The molecule has 1 fully saturated rings. The fourth-order valence-corrected chi connectivity index (χ4v) is 2.62. The molecule has 0 spiro atoms. The Labute approximate surface area is 106 Å². The molecule has 1 rings (SSSR count). The zero-order valence-corrected chi connectivity index (χ0v) is 11.5. The summed E-state index contributed by atoms with van der Waals surface area (Å²) in [6.45, 7) is 2.95. The van der Waals surface area contributed by atoms with Gasteiger partial charge < -0.3 is 10.6 Å². The van der Waals surface area contributed by atoms with E-state index in [4.69, 9.17) is 5.73 Å². The Morgan fingerprint density at radius 2 is 2.00 bits per heavy atom. The Morgan fingerprint density at radius 3 is 2.59 bits per heavy atom. The van der Waals surface area contributed by atoms with Crippen LogP contribution >= 0.6 is 0 Å². The van der Waals surface area contributed by atoms with Gasteiger partial charge >= 0.3 is 0 Å². The molecule has 0 heterocycles. The molecule has 3 heteroatoms. The topological polar surface area (TPSA) is 46.3 Å². The van der Waals surface area contributed by atoms with Crippen LogP contribution in [0.1, 0.15) is 58.3 Å². The normalized spacial score (nSPS) is 19.0. The largest absolute Gasteiger partial charge is 0.345 e. The maximum Gasteiger partial charge on any atom is 0.222 e. The standard InChI is InChI=1S/C14H28N2O/c1-12(15)7-6-10-14(17)16(2)11-13-8-4-3-5-9-13/h12-13H,3-11,15H2,1-2H3. The Morgan fingerprint density at radius 1 is 1.35 bits per heavy atom. The lowest BCUT2D eigenvalue weighted by Crippen LogP contribution is -2.32. The number of hydrogen-bond acceptors (Lipinski definition) is 2. The first kappa shape index (κ1) is 14.5. The molecule has 2 N–H and O–H groups in total. The van der Waals surface area contributed by atoms with Crippen molar-refractivity contribution in [3.05, 3.63) is 0 Å². The fourth-order valence-electron chi connectivity index (χ4n) is 2.62. The molecule has 1 saturated carbocycles. The van der Waals surface area contributed by atoms with E-state index in [1.807, 2.05) is 18.9 Å². The van der Waals surface area contributed by atoms with Crippen LogP contribution in [0.2, 0.25) is 0 Å². The summed E-state index contributed by atoms with van der Waals surface area (Å²) in [5.41, 5.74) is 5.68. The van der Waals surface area contributed by atoms with Crippen molar-refractivity contribution in [2.24, 2.45) is 11.7 Å². The summed E-state index contributed by atoms with van der Waals surface area (Å²) in [6.07, 6.45) is 9.20. The average molecular weight is 240 g/mol. The third-order valence-corrected chi connectivity index (χ3v) is 3.73. The molecule has 0 aromatic carbocycles. The minimum absolute atomic E-state index is 0.214. The fraction of sp³-hybridized carbons (Fsp3) is 0.929.